The number of methoxy groups -OCH3 is 1. The van der Waals surface area contributed by atoms with E-state index in [0.29, 0.717) is 11.6 Å². The van der Waals surface area contributed by atoms with E-state index in [2.05, 4.69) is 10.1 Å². The van der Waals surface area contributed by atoms with Crippen LogP contribution in [-0.4, -0.2) is 21.9 Å². The number of anilines is 1. The van der Waals surface area contributed by atoms with E-state index in [1.807, 2.05) is 19.2 Å². The van der Waals surface area contributed by atoms with Crippen LogP contribution in [0, 0.1) is 0 Å². The minimum Gasteiger partial charge on any atom is -0.497 e. The van der Waals surface area contributed by atoms with Crippen LogP contribution < -0.4 is 10.5 Å². The molecule has 0 amide bonds. The van der Waals surface area contributed by atoms with Crippen LogP contribution in [0.4, 0.5) is 5.69 Å². The van der Waals surface area contributed by atoms with Crippen LogP contribution in [0.2, 0.25) is 0 Å². The summed E-state index contributed by atoms with van der Waals surface area (Å²) in [5.74, 6) is 3.05. The molecular weight excluding hydrogens is 228 g/mol. The summed E-state index contributed by atoms with van der Waals surface area (Å²) in [7, 11) is 3.53. The molecule has 1 aliphatic rings. The maximum atomic E-state index is 6.04. The van der Waals surface area contributed by atoms with Crippen molar-refractivity contribution in [2.24, 2.45) is 7.05 Å². The first-order valence-corrected chi connectivity index (χ1v) is 6.04. The fraction of sp³-hybridized carbons (Fsp3) is 0.385. The second kappa shape index (κ2) is 4.01. The molecule has 2 N–H and O–H groups in total. The van der Waals surface area contributed by atoms with Gasteiger partial charge in [0, 0.05) is 30.3 Å². The molecular formula is C13H16N4O. The Labute approximate surface area is 106 Å². The standard InChI is InChI=1S/C13H16N4O/c1-17-13(15-12(16-17)8-3-4-8)10-6-5-9(18-2)7-11(10)14/h5-8H,3-4,14H2,1-2H3. The molecule has 18 heavy (non-hydrogen) atoms. The van der Waals surface area contributed by atoms with Crippen molar-refractivity contribution in [1.29, 1.82) is 0 Å². The summed E-state index contributed by atoms with van der Waals surface area (Å²) in [6.45, 7) is 0. The Kier molecular flexibility index (Phi) is 2.47. The highest BCUT2D eigenvalue weighted by molar-refractivity contribution is 5.73. The first kappa shape index (κ1) is 11.1. The van der Waals surface area contributed by atoms with E-state index in [9.17, 15) is 0 Å². The number of aryl methyl sites for hydroxylation is 1. The van der Waals surface area contributed by atoms with Gasteiger partial charge in [0.1, 0.15) is 5.75 Å². The summed E-state index contributed by atoms with van der Waals surface area (Å²) >= 11 is 0. The van der Waals surface area contributed by atoms with E-state index >= 15 is 0 Å². The Bertz CT molecular complexity index is 587. The lowest BCUT2D eigenvalue weighted by atomic mass is 10.1. The van der Waals surface area contributed by atoms with E-state index in [4.69, 9.17) is 10.5 Å². The Morgan fingerprint density at radius 2 is 2.17 bits per heavy atom. The molecule has 0 unspecified atom stereocenters. The molecule has 1 aromatic carbocycles. The number of ether oxygens (including phenoxy) is 1. The molecule has 1 heterocycles. The molecule has 5 nitrogen and oxygen atoms in total. The fourth-order valence-electron chi connectivity index (χ4n) is 2.02. The third-order valence-electron chi connectivity index (χ3n) is 3.22. The zero-order valence-electron chi connectivity index (χ0n) is 10.6. The molecule has 5 heteroatoms. The minimum atomic E-state index is 0.546. The summed E-state index contributed by atoms with van der Waals surface area (Å²) in [5.41, 5.74) is 7.60. The number of rotatable bonds is 3. The van der Waals surface area contributed by atoms with Gasteiger partial charge in [0.2, 0.25) is 0 Å². The molecule has 1 fully saturated rings. The predicted octanol–water partition coefficient (Wildman–Crippen LogP) is 1.95. The van der Waals surface area contributed by atoms with Gasteiger partial charge in [-0.05, 0) is 25.0 Å². The summed E-state index contributed by atoms with van der Waals surface area (Å²) < 4.78 is 6.94. The molecule has 0 radical (unpaired) electrons. The number of nitrogens with zero attached hydrogens (tertiary/aromatic N) is 3. The number of hydrogen-bond donors (Lipinski definition) is 1. The van der Waals surface area contributed by atoms with Crippen LogP contribution >= 0.6 is 0 Å². The monoisotopic (exact) mass is 244 g/mol. The lowest BCUT2D eigenvalue weighted by molar-refractivity contribution is 0.415. The highest BCUT2D eigenvalue weighted by Crippen LogP contribution is 2.39. The average molecular weight is 244 g/mol. The lowest BCUT2D eigenvalue weighted by Crippen LogP contribution is -1.98. The molecule has 0 saturated heterocycles. The largest absolute Gasteiger partial charge is 0.497 e. The first-order chi connectivity index (χ1) is 8.69. The van der Waals surface area contributed by atoms with Crippen LogP contribution in [0.25, 0.3) is 11.4 Å². The lowest BCUT2D eigenvalue weighted by Gasteiger charge is -2.06. The van der Waals surface area contributed by atoms with Gasteiger partial charge in [-0.15, -0.1) is 0 Å². The molecule has 1 saturated carbocycles. The van der Waals surface area contributed by atoms with Gasteiger partial charge in [0.25, 0.3) is 0 Å². The molecule has 3 rings (SSSR count). The van der Waals surface area contributed by atoms with Crippen molar-refractivity contribution < 1.29 is 4.74 Å². The maximum absolute atomic E-state index is 6.04. The zero-order chi connectivity index (χ0) is 12.7. The quantitative estimate of drug-likeness (QED) is 0.838. The molecule has 0 atom stereocenters. The van der Waals surface area contributed by atoms with Crippen LogP contribution in [0.3, 0.4) is 0 Å². The molecule has 1 aliphatic carbocycles. The average Bonchev–Trinajstić information content (AvgIpc) is 3.14. The topological polar surface area (TPSA) is 66.0 Å². The van der Waals surface area contributed by atoms with Crippen molar-refractivity contribution in [1.82, 2.24) is 14.8 Å². The Morgan fingerprint density at radius 3 is 2.78 bits per heavy atom. The van der Waals surface area contributed by atoms with Crippen molar-refractivity contribution >= 4 is 5.69 Å². The number of benzene rings is 1. The summed E-state index contributed by atoms with van der Waals surface area (Å²) in [4.78, 5) is 4.59. The predicted molar refractivity (Wildman–Crippen MR) is 69.4 cm³/mol. The van der Waals surface area contributed by atoms with E-state index < -0.39 is 0 Å². The van der Waals surface area contributed by atoms with Gasteiger partial charge in [-0.2, -0.15) is 5.10 Å². The molecule has 1 aromatic heterocycles. The van der Waals surface area contributed by atoms with Crippen molar-refractivity contribution in [3.05, 3.63) is 24.0 Å². The van der Waals surface area contributed by atoms with Crippen molar-refractivity contribution in [2.45, 2.75) is 18.8 Å². The summed E-state index contributed by atoms with van der Waals surface area (Å²) in [5, 5.41) is 4.45. The number of nitrogens with two attached hydrogens (primary N) is 1. The van der Waals surface area contributed by atoms with Gasteiger partial charge < -0.3 is 10.5 Å². The molecule has 94 valence electrons. The van der Waals surface area contributed by atoms with Gasteiger partial charge >= 0.3 is 0 Å². The SMILES string of the molecule is COc1ccc(-c2nc(C3CC3)nn2C)c(N)c1. The van der Waals surface area contributed by atoms with E-state index in [-0.39, 0.29) is 0 Å². The summed E-state index contributed by atoms with van der Waals surface area (Å²) in [6, 6.07) is 5.62. The smallest absolute Gasteiger partial charge is 0.160 e. The molecule has 0 spiro atoms. The van der Waals surface area contributed by atoms with E-state index in [0.717, 1.165) is 23.0 Å². The van der Waals surface area contributed by atoms with E-state index in [1.165, 1.54) is 12.8 Å². The van der Waals surface area contributed by atoms with E-state index in [1.54, 1.807) is 17.9 Å². The van der Waals surface area contributed by atoms with Gasteiger partial charge in [-0.1, -0.05) is 0 Å². The van der Waals surface area contributed by atoms with Crippen LogP contribution in [0.1, 0.15) is 24.6 Å². The first-order valence-electron chi connectivity index (χ1n) is 6.04. The Hall–Kier alpha value is -2.04. The second-order valence-electron chi connectivity index (χ2n) is 4.64. The Morgan fingerprint density at radius 1 is 1.39 bits per heavy atom. The minimum absolute atomic E-state index is 0.546. The van der Waals surface area contributed by atoms with Gasteiger partial charge in [0.15, 0.2) is 11.6 Å². The van der Waals surface area contributed by atoms with Gasteiger partial charge in [-0.25, -0.2) is 9.67 Å². The summed E-state index contributed by atoms with van der Waals surface area (Å²) in [6.07, 6.45) is 2.39. The molecule has 0 bridgehead atoms. The van der Waals surface area contributed by atoms with Crippen molar-refractivity contribution in [3.8, 4) is 17.1 Å². The third kappa shape index (κ3) is 1.81. The fourth-order valence-corrected chi connectivity index (χ4v) is 2.02. The van der Waals surface area contributed by atoms with Gasteiger partial charge in [-0.3, -0.25) is 0 Å². The number of hydrogen-bond acceptors (Lipinski definition) is 4. The normalized spacial score (nSPS) is 14.8. The van der Waals surface area contributed by atoms with Crippen molar-refractivity contribution in [3.63, 3.8) is 0 Å². The highest BCUT2D eigenvalue weighted by Gasteiger charge is 2.28. The Balaban J connectivity index is 2.03. The molecule has 0 aliphatic heterocycles. The maximum Gasteiger partial charge on any atom is 0.160 e. The number of nitrogen functional groups attached to an aromatic ring is 1. The van der Waals surface area contributed by atoms with Crippen molar-refractivity contribution in [2.75, 3.05) is 12.8 Å². The van der Waals surface area contributed by atoms with Gasteiger partial charge in [0.05, 0.1) is 7.11 Å². The zero-order valence-corrected chi connectivity index (χ0v) is 10.6. The third-order valence-corrected chi connectivity index (χ3v) is 3.22. The number of aromatic nitrogens is 3. The molecule has 2 aromatic rings. The highest BCUT2D eigenvalue weighted by atomic mass is 16.5. The van der Waals surface area contributed by atoms with Crippen LogP contribution in [-0.2, 0) is 7.05 Å². The van der Waals surface area contributed by atoms with Crippen LogP contribution in [0.15, 0.2) is 18.2 Å². The second-order valence-corrected chi connectivity index (χ2v) is 4.64. The van der Waals surface area contributed by atoms with Crippen LogP contribution in [0.5, 0.6) is 5.75 Å².